The summed E-state index contributed by atoms with van der Waals surface area (Å²) in [7, 11) is 0. The quantitative estimate of drug-likeness (QED) is 0.643. The van der Waals surface area contributed by atoms with Gasteiger partial charge in [0.2, 0.25) is 0 Å². The van der Waals surface area contributed by atoms with E-state index >= 15 is 0 Å². The van der Waals surface area contributed by atoms with Gasteiger partial charge in [-0.25, -0.2) is 4.79 Å². The standard InChI is InChI=1S/C16H24INO3/c1-3-5-10-14(21-16(20)18-11-4-2)15(19)12-8-6-7-9-13(12)17/h6-9,14-15,19H,3-5,10-11H2,1-2H3,(H,18,20)/t14-,15-/m0/s1. The van der Waals surface area contributed by atoms with E-state index in [1.54, 1.807) is 0 Å². The lowest BCUT2D eigenvalue weighted by Crippen LogP contribution is -2.33. The van der Waals surface area contributed by atoms with Crippen molar-refractivity contribution in [2.75, 3.05) is 6.54 Å². The van der Waals surface area contributed by atoms with Gasteiger partial charge in [0, 0.05) is 10.1 Å². The molecule has 21 heavy (non-hydrogen) atoms. The molecule has 0 aromatic heterocycles. The first-order chi connectivity index (χ1) is 10.1. The van der Waals surface area contributed by atoms with Crippen molar-refractivity contribution in [2.24, 2.45) is 0 Å². The highest BCUT2D eigenvalue weighted by Gasteiger charge is 2.25. The molecule has 0 radical (unpaired) electrons. The Hall–Kier alpha value is -0.820. The van der Waals surface area contributed by atoms with Crippen molar-refractivity contribution in [3.05, 3.63) is 33.4 Å². The van der Waals surface area contributed by atoms with Gasteiger partial charge < -0.3 is 15.2 Å². The third-order valence-corrected chi connectivity index (χ3v) is 4.18. The van der Waals surface area contributed by atoms with Crippen LogP contribution in [0.5, 0.6) is 0 Å². The minimum Gasteiger partial charge on any atom is -0.443 e. The normalized spacial score (nSPS) is 13.5. The molecule has 1 amide bonds. The Labute approximate surface area is 140 Å². The number of alkyl carbamates (subject to hydrolysis) is 1. The number of ether oxygens (including phenoxy) is 1. The molecule has 0 fully saturated rings. The van der Waals surface area contributed by atoms with Crippen LogP contribution in [0.3, 0.4) is 0 Å². The number of aliphatic hydroxyl groups is 1. The number of benzene rings is 1. The molecule has 2 atom stereocenters. The molecular formula is C16H24INO3. The van der Waals surface area contributed by atoms with Crippen molar-refractivity contribution >= 4 is 28.7 Å². The minimum absolute atomic E-state index is 0.456. The number of rotatable bonds is 8. The number of hydrogen-bond donors (Lipinski definition) is 2. The molecular weight excluding hydrogens is 381 g/mol. The molecule has 0 saturated heterocycles. The molecule has 0 aliphatic rings. The molecule has 1 aromatic carbocycles. The Bertz CT molecular complexity index is 439. The topological polar surface area (TPSA) is 58.6 Å². The zero-order valence-corrected chi connectivity index (χ0v) is 14.8. The first-order valence-electron chi connectivity index (χ1n) is 7.47. The van der Waals surface area contributed by atoms with Gasteiger partial charge in [-0.3, -0.25) is 0 Å². The Kier molecular flexibility index (Phi) is 8.68. The maximum atomic E-state index is 11.7. The van der Waals surface area contributed by atoms with E-state index < -0.39 is 18.3 Å². The summed E-state index contributed by atoms with van der Waals surface area (Å²) in [6.45, 7) is 4.64. The van der Waals surface area contributed by atoms with Crippen molar-refractivity contribution in [1.29, 1.82) is 0 Å². The van der Waals surface area contributed by atoms with Crippen LogP contribution in [-0.4, -0.2) is 23.8 Å². The van der Waals surface area contributed by atoms with E-state index in [4.69, 9.17) is 4.74 Å². The number of halogens is 1. The molecule has 1 aromatic rings. The molecule has 0 aliphatic carbocycles. The maximum absolute atomic E-state index is 11.7. The Morgan fingerprint density at radius 3 is 2.67 bits per heavy atom. The highest BCUT2D eigenvalue weighted by molar-refractivity contribution is 14.1. The predicted molar refractivity (Wildman–Crippen MR) is 92.2 cm³/mol. The zero-order chi connectivity index (χ0) is 15.7. The van der Waals surface area contributed by atoms with Gasteiger partial charge in [-0.15, -0.1) is 0 Å². The first-order valence-corrected chi connectivity index (χ1v) is 8.55. The molecule has 2 N–H and O–H groups in total. The fraction of sp³-hybridized carbons (Fsp3) is 0.562. The molecule has 0 unspecified atom stereocenters. The van der Waals surface area contributed by atoms with Crippen LogP contribution in [0.1, 0.15) is 51.2 Å². The van der Waals surface area contributed by atoms with Gasteiger partial charge in [0.1, 0.15) is 12.2 Å². The van der Waals surface area contributed by atoms with E-state index in [-0.39, 0.29) is 0 Å². The van der Waals surface area contributed by atoms with Crippen LogP contribution < -0.4 is 5.32 Å². The van der Waals surface area contributed by atoms with Gasteiger partial charge in [0.15, 0.2) is 0 Å². The summed E-state index contributed by atoms with van der Waals surface area (Å²) < 4.78 is 6.40. The van der Waals surface area contributed by atoms with Crippen molar-refractivity contribution in [1.82, 2.24) is 5.32 Å². The van der Waals surface area contributed by atoms with Gasteiger partial charge >= 0.3 is 6.09 Å². The Balaban J connectivity index is 2.76. The smallest absolute Gasteiger partial charge is 0.407 e. The van der Waals surface area contributed by atoms with Gasteiger partial charge in [-0.2, -0.15) is 0 Å². The lowest BCUT2D eigenvalue weighted by Gasteiger charge is -2.24. The van der Waals surface area contributed by atoms with Gasteiger partial charge in [-0.1, -0.05) is 38.5 Å². The highest BCUT2D eigenvalue weighted by atomic mass is 127. The van der Waals surface area contributed by atoms with E-state index in [1.165, 1.54) is 0 Å². The minimum atomic E-state index is -0.794. The molecule has 0 heterocycles. The lowest BCUT2D eigenvalue weighted by molar-refractivity contribution is -0.00418. The maximum Gasteiger partial charge on any atom is 0.407 e. The Morgan fingerprint density at radius 2 is 2.05 bits per heavy atom. The van der Waals surface area contributed by atoms with Gasteiger partial charge in [-0.05, 0) is 53.5 Å². The summed E-state index contributed by atoms with van der Waals surface area (Å²) in [4.78, 5) is 11.7. The van der Waals surface area contributed by atoms with Crippen LogP contribution in [0.2, 0.25) is 0 Å². The molecule has 0 spiro atoms. The predicted octanol–water partition coefficient (Wildman–Crippen LogP) is 4.02. The van der Waals surface area contributed by atoms with E-state index in [1.807, 2.05) is 31.2 Å². The fourth-order valence-corrected chi connectivity index (χ4v) is 2.71. The van der Waals surface area contributed by atoms with Crippen LogP contribution in [-0.2, 0) is 4.74 Å². The number of unbranched alkanes of at least 4 members (excludes halogenated alkanes) is 1. The third-order valence-electron chi connectivity index (χ3n) is 3.20. The zero-order valence-electron chi connectivity index (χ0n) is 12.6. The highest BCUT2D eigenvalue weighted by Crippen LogP contribution is 2.27. The average Bonchev–Trinajstić information content (AvgIpc) is 2.49. The number of carbonyl (C=O) groups is 1. The molecule has 0 aliphatic heterocycles. The van der Waals surface area contributed by atoms with Crippen LogP contribution >= 0.6 is 22.6 Å². The Morgan fingerprint density at radius 1 is 1.33 bits per heavy atom. The summed E-state index contributed by atoms with van der Waals surface area (Å²) >= 11 is 2.19. The van der Waals surface area contributed by atoms with Crippen LogP contribution in [0, 0.1) is 3.57 Å². The largest absolute Gasteiger partial charge is 0.443 e. The van der Waals surface area contributed by atoms with Crippen molar-refractivity contribution in [3.63, 3.8) is 0 Å². The van der Waals surface area contributed by atoms with E-state index in [2.05, 4.69) is 34.8 Å². The summed E-state index contributed by atoms with van der Waals surface area (Å²) in [6, 6.07) is 7.62. The van der Waals surface area contributed by atoms with E-state index in [9.17, 15) is 9.90 Å². The fourth-order valence-electron chi connectivity index (χ4n) is 2.01. The van der Waals surface area contributed by atoms with Crippen LogP contribution in [0.25, 0.3) is 0 Å². The second-order valence-electron chi connectivity index (χ2n) is 4.98. The number of carbonyl (C=O) groups excluding carboxylic acids is 1. The first kappa shape index (κ1) is 18.2. The van der Waals surface area contributed by atoms with Crippen molar-refractivity contribution < 1.29 is 14.6 Å². The molecule has 0 saturated carbocycles. The second kappa shape index (κ2) is 10.00. The SMILES string of the molecule is CCCC[C@H](OC(=O)NCCC)[C@@H](O)c1ccccc1I. The average molecular weight is 405 g/mol. The molecule has 0 bridgehead atoms. The summed E-state index contributed by atoms with van der Waals surface area (Å²) in [5.41, 5.74) is 0.808. The van der Waals surface area contributed by atoms with Gasteiger partial charge in [0.25, 0.3) is 0 Å². The monoisotopic (exact) mass is 405 g/mol. The molecule has 1 rings (SSSR count). The molecule has 5 heteroatoms. The molecule has 118 valence electrons. The van der Waals surface area contributed by atoms with Crippen LogP contribution in [0.15, 0.2) is 24.3 Å². The second-order valence-corrected chi connectivity index (χ2v) is 6.14. The number of hydrogen-bond acceptors (Lipinski definition) is 3. The number of amides is 1. The third kappa shape index (κ3) is 6.22. The van der Waals surface area contributed by atoms with Gasteiger partial charge in [0.05, 0.1) is 0 Å². The lowest BCUT2D eigenvalue weighted by atomic mass is 10.0. The van der Waals surface area contributed by atoms with E-state index in [0.29, 0.717) is 13.0 Å². The molecule has 4 nitrogen and oxygen atoms in total. The summed E-state index contributed by atoms with van der Waals surface area (Å²) in [5, 5.41) is 13.2. The van der Waals surface area contributed by atoms with Crippen molar-refractivity contribution in [3.8, 4) is 0 Å². The number of aliphatic hydroxyl groups excluding tert-OH is 1. The summed E-state index contributed by atoms with van der Waals surface area (Å²) in [6.07, 6.45) is 1.65. The van der Waals surface area contributed by atoms with Crippen molar-refractivity contribution in [2.45, 2.75) is 51.7 Å². The number of nitrogens with one attached hydrogen (secondary N) is 1. The summed E-state index contributed by atoms with van der Waals surface area (Å²) in [5.74, 6) is 0. The van der Waals surface area contributed by atoms with E-state index in [0.717, 1.165) is 28.4 Å². The van der Waals surface area contributed by atoms with Crippen LogP contribution in [0.4, 0.5) is 4.79 Å².